The lowest BCUT2D eigenvalue weighted by molar-refractivity contribution is 0.0691. The van der Waals surface area contributed by atoms with E-state index in [4.69, 9.17) is 5.11 Å². The molecule has 2 aromatic rings. The van der Waals surface area contributed by atoms with Gasteiger partial charge in [0.1, 0.15) is 12.1 Å². The number of aromatic carboxylic acids is 1. The number of hydrogen-bond donors (Lipinski definition) is 1. The van der Waals surface area contributed by atoms with Crippen LogP contribution in [0.5, 0.6) is 0 Å². The lowest BCUT2D eigenvalue weighted by atomic mass is 10.1. The molecule has 1 heterocycles. The summed E-state index contributed by atoms with van der Waals surface area (Å²) in [6, 6.07) is 3.98. The van der Waals surface area contributed by atoms with Crippen LogP contribution >= 0.6 is 0 Å². The van der Waals surface area contributed by atoms with E-state index in [0.717, 1.165) is 6.07 Å². The highest BCUT2D eigenvalue weighted by atomic mass is 19.1. The van der Waals surface area contributed by atoms with E-state index in [-0.39, 0.29) is 22.7 Å². The average molecular weight is 248 g/mol. The maximum atomic E-state index is 13.8. The molecule has 1 aromatic carbocycles. The van der Waals surface area contributed by atoms with Gasteiger partial charge < -0.3 is 9.67 Å². The van der Waals surface area contributed by atoms with Crippen molar-refractivity contribution in [1.29, 1.82) is 0 Å². The molecule has 1 aromatic heterocycles. The Labute approximate surface area is 102 Å². The lowest BCUT2D eigenvalue weighted by Gasteiger charge is -2.04. The molecule has 0 radical (unpaired) electrons. The number of imidazole rings is 1. The first-order chi connectivity index (χ1) is 8.49. The molecule has 0 aliphatic rings. The molecule has 0 unspecified atom stereocenters. The van der Waals surface area contributed by atoms with E-state index in [1.165, 1.54) is 36.1 Å². The summed E-state index contributed by atoms with van der Waals surface area (Å²) < 4.78 is 15.0. The molecule has 0 bridgehead atoms. The molecule has 5 nitrogen and oxygen atoms in total. The fourth-order valence-electron chi connectivity index (χ4n) is 1.50. The summed E-state index contributed by atoms with van der Waals surface area (Å²) in [5.74, 6) is -2.04. The second-order valence-corrected chi connectivity index (χ2v) is 3.69. The zero-order valence-electron chi connectivity index (χ0n) is 9.42. The first-order valence-electron chi connectivity index (χ1n) is 5.07. The fourth-order valence-corrected chi connectivity index (χ4v) is 1.50. The van der Waals surface area contributed by atoms with Crippen molar-refractivity contribution in [2.45, 2.75) is 6.92 Å². The summed E-state index contributed by atoms with van der Waals surface area (Å²) in [6.45, 7) is 1.34. The number of ketones is 1. The van der Waals surface area contributed by atoms with Crippen molar-refractivity contribution in [3.8, 4) is 5.69 Å². The quantitative estimate of drug-likeness (QED) is 0.842. The summed E-state index contributed by atoms with van der Waals surface area (Å²) in [4.78, 5) is 25.4. The van der Waals surface area contributed by atoms with Gasteiger partial charge in [-0.2, -0.15) is 0 Å². The number of Topliss-reactive ketones (excluding diaryl/α,β-unsaturated/α-hetero) is 1. The zero-order chi connectivity index (χ0) is 13.3. The van der Waals surface area contributed by atoms with E-state index in [2.05, 4.69) is 4.98 Å². The Bertz CT molecular complexity index is 634. The van der Waals surface area contributed by atoms with Crippen LogP contribution < -0.4 is 0 Å². The molecule has 18 heavy (non-hydrogen) atoms. The number of halogens is 1. The van der Waals surface area contributed by atoms with Crippen molar-refractivity contribution in [3.05, 3.63) is 47.8 Å². The minimum atomic E-state index is -1.19. The molecule has 0 atom stereocenters. The Morgan fingerprint density at radius 1 is 1.39 bits per heavy atom. The molecular formula is C12H9FN2O3. The van der Waals surface area contributed by atoms with Crippen molar-refractivity contribution >= 4 is 11.8 Å². The summed E-state index contributed by atoms with van der Waals surface area (Å²) in [7, 11) is 0. The molecular weight excluding hydrogens is 239 g/mol. The fraction of sp³-hybridized carbons (Fsp3) is 0.0833. The smallest absolute Gasteiger partial charge is 0.356 e. The third-order valence-corrected chi connectivity index (χ3v) is 2.43. The number of carboxylic acids is 1. The van der Waals surface area contributed by atoms with Crippen LogP contribution in [0, 0.1) is 5.82 Å². The standard InChI is InChI=1S/C12H9FN2O3/c1-7(16)8-2-3-11(9(13)4-8)15-5-10(12(17)18)14-6-15/h2-6H,1H3,(H,17,18). The van der Waals surface area contributed by atoms with Crippen molar-refractivity contribution in [2.75, 3.05) is 0 Å². The number of carbonyl (C=O) groups excluding carboxylic acids is 1. The van der Waals surface area contributed by atoms with Crippen molar-refractivity contribution in [1.82, 2.24) is 9.55 Å². The number of aromatic nitrogens is 2. The van der Waals surface area contributed by atoms with Crippen molar-refractivity contribution in [2.24, 2.45) is 0 Å². The van der Waals surface area contributed by atoms with Crippen LogP contribution in [0.4, 0.5) is 4.39 Å². The van der Waals surface area contributed by atoms with Gasteiger partial charge in [-0.25, -0.2) is 14.2 Å². The van der Waals surface area contributed by atoms with Gasteiger partial charge in [0, 0.05) is 11.8 Å². The maximum Gasteiger partial charge on any atom is 0.356 e. The third-order valence-electron chi connectivity index (χ3n) is 2.43. The van der Waals surface area contributed by atoms with Gasteiger partial charge in [-0.3, -0.25) is 4.79 Å². The number of carboxylic acid groups (broad SMARTS) is 1. The van der Waals surface area contributed by atoms with E-state index >= 15 is 0 Å². The summed E-state index contributed by atoms with van der Waals surface area (Å²) in [5, 5.41) is 8.72. The lowest BCUT2D eigenvalue weighted by Crippen LogP contribution is -1.99. The Morgan fingerprint density at radius 3 is 2.61 bits per heavy atom. The van der Waals surface area contributed by atoms with Crippen LogP contribution in [0.15, 0.2) is 30.7 Å². The van der Waals surface area contributed by atoms with Gasteiger partial charge in [0.05, 0.1) is 5.69 Å². The van der Waals surface area contributed by atoms with E-state index in [9.17, 15) is 14.0 Å². The van der Waals surface area contributed by atoms with Crippen molar-refractivity contribution < 1.29 is 19.1 Å². The maximum absolute atomic E-state index is 13.8. The first-order valence-corrected chi connectivity index (χ1v) is 5.07. The molecule has 0 saturated heterocycles. The Hall–Kier alpha value is -2.50. The highest BCUT2D eigenvalue weighted by Gasteiger charge is 2.11. The van der Waals surface area contributed by atoms with Crippen LogP contribution in [-0.4, -0.2) is 26.4 Å². The minimum Gasteiger partial charge on any atom is -0.476 e. The monoisotopic (exact) mass is 248 g/mol. The molecule has 0 amide bonds. The number of nitrogens with zero attached hydrogens (tertiary/aromatic N) is 2. The van der Waals surface area contributed by atoms with Gasteiger partial charge in [-0.05, 0) is 25.1 Å². The van der Waals surface area contributed by atoms with Crippen LogP contribution in [0.3, 0.4) is 0 Å². The van der Waals surface area contributed by atoms with Gasteiger partial charge >= 0.3 is 5.97 Å². The normalized spacial score (nSPS) is 10.3. The summed E-state index contributed by atoms with van der Waals surface area (Å²) in [5.41, 5.74) is 0.222. The highest BCUT2D eigenvalue weighted by Crippen LogP contribution is 2.16. The molecule has 6 heteroatoms. The van der Waals surface area contributed by atoms with E-state index in [1.54, 1.807) is 0 Å². The molecule has 0 fully saturated rings. The van der Waals surface area contributed by atoms with Crippen LogP contribution in [0.1, 0.15) is 27.8 Å². The van der Waals surface area contributed by atoms with Crippen LogP contribution in [-0.2, 0) is 0 Å². The minimum absolute atomic E-state index is 0.139. The van der Waals surface area contributed by atoms with E-state index in [1.807, 2.05) is 0 Å². The third kappa shape index (κ3) is 2.13. The highest BCUT2D eigenvalue weighted by molar-refractivity contribution is 5.94. The van der Waals surface area contributed by atoms with Gasteiger partial charge in [0.25, 0.3) is 0 Å². The predicted octanol–water partition coefficient (Wildman–Crippen LogP) is 1.91. The zero-order valence-corrected chi connectivity index (χ0v) is 9.42. The first kappa shape index (κ1) is 12.0. The van der Waals surface area contributed by atoms with Gasteiger partial charge in [-0.1, -0.05) is 0 Å². The van der Waals surface area contributed by atoms with Crippen molar-refractivity contribution in [3.63, 3.8) is 0 Å². The molecule has 0 aliphatic carbocycles. The number of carbonyl (C=O) groups is 2. The topological polar surface area (TPSA) is 72.2 Å². The average Bonchev–Trinajstić information content (AvgIpc) is 2.78. The van der Waals surface area contributed by atoms with Gasteiger partial charge in [0.2, 0.25) is 0 Å². The second kappa shape index (κ2) is 4.40. The second-order valence-electron chi connectivity index (χ2n) is 3.69. The molecule has 1 N–H and O–H groups in total. The number of benzene rings is 1. The van der Waals surface area contributed by atoms with Gasteiger partial charge in [0.15, 0.2) is 11.5 Å². The van der Waals surface area contributed by atoms with Crippen LogP contribution in [0.25, 0.3) is 5.69 Å². The van der Waals surface area contributed by atoms with Gasteiger partial charge in [-0.15, -0.1) is 0 Å². The molecule has 0 saturated carbocycles. The molecule has 2 rings (SSSR count). The van der Waals surface area contributed by atoms with Crippen LogP contribution in [0.2, 0.25) is 0 Å². The van der Waals surface area contributed by atoms with E-state index in [0.29, 0.717) is 0 Å². The summed E-state index contributed by atoms with van der Waals surface area (Å²) >= 11 is 0. The molecule has 92 valence electrons. The Kier molecular flexibility index (Phi) is 2.93. The predicted molar refractivity (Wildman–Crippen MR) is 60.5 cm³/mol. The number of rotatable bonds is 3. The largest absolute Gasteiger partial charge is 0.476 e. The molecule has 0 spiro atoms. The number of hydrogen-bond acceptors (Lipinski definition) is 3. The Balaban J connectivity index is 2.44. The SMILES string of the molecule is CC(=O)c1ccc(-n2cnc(C(=O)O)c2)c(F)c1. The summed E-state index contributed by atoms with van der Waals surface area (Å²) in [6.07, 6.45) is 2.41. The van der Waals surface area contributed by atoms with E-state index < -0.39 is 11.8 Å². The Morgan fingerprint density at radius 2 is 2.11 bits per heavy atom. The molecule has 0 aliphatic heterocycles.